The Morgan fingerprint density at radius 2 is 1.93 bits per heavy atom. The molecule has 0 bridgehead atoms. The minimum absolute atomic E-state index is 0.0478. The van der Waals surface area contributed by atoms with Crippen molar-refractivity contribution >= 4 is 33.6 Å². The molecule has 0 radical (unpaired) electrons. The monoisotopic (exact) mass is 451 g/mol. The molecule has 9 heteroatoms. The molecule has 0 saturated carbocycles. The number of carbonyl (C=O) groups is 2. The van der Waals surface area contributed by atoms with Gasteiger partial charge in [-0.15, -0.1) is 0 Å². The second kappa shape index (κ2) is 7.62. The van der Waals surface area contributed by atoms with Gasteiger partial charge in [0.15, 0.2) is 0 Å². The Labute approximate surface area is 173 Å². The fourth-order valence-electron chi connectivity index (χ4n) is 4.49. The Morgan fingerprint density at radius 3 is 2.61 bits per heavy atom. The summed E-state index contributed by atoms with van der Waals surface area (Å²) in [6, 6.07) is 7.42. The highest BCUT2D eigenvalue weighted by Gasteiger charge is 2.56. The van der Waals surface area contributed by atoms with E-state index >= 15 is 0 Å². The zero-order chi connectivity index (χ0) is 20.0. The molecule has 152 valence electrons. The van der Waals surface area contributed by atoms with Crippen LogP contribution in [0, 0.1) is 5.92 Å². The standard InChI is InChI=1S/C19H26BrN5O3/c1-12-10-24(14-6-4-13(20)5-7-14)18-21-16-15(25(18)11-12)17(27)23(8-3-9-26)19(28)22(16)2/h4-7,12,15-16,18,21,26H,3,8-11H2,1-2H3. The molecule has 3 aliphatic rings. The maximum absolute atomic E-state index is 13.2. The van der Waals surface area contributed by atoms with Crippen LogP contribution in [0.15, 0.2) is 28.7 Å². The maximum Gasteiger partial charge on any atom is 0.327 e. The number of hydrogen-bond acceptors (Lipinski definition) is 6. The van der Waals surface area contributed by atoms with E-state index in [-0.39, 0.29) is 37.5 Å². The lowest BCUT2D eigenvalue weighted by molar-refractivity contribution is -0.139. The van der Waals surface area contributed by atoms with E-state index in [0.29, 0.717) is 12.3 Å². The highest BCUT2D eigenvalue weighted by atomic mass is 79.9. The first-order valence-corrected chi connectivity index (χ1v) is 10.4. The fourth-order valence-corrected chi connectivity index (χ4v) is 4.75. The third kappa shape index (κ3) is 3.20. The summed E-state index contributed by atoms with van der Waals surface area (Å²) in [6.07, 6.45) is -0.121. The van der Waals surface area contributed by atoms with Gasteiger partial charge in [0.2, 0.25) is 0 Å². The molecule has 4 unspecified atom stereocenters. The molecule has 4 rings (SSSR count). The van der Waals surface area contributed by atoms with Crippen molar-refractivity contribution in [3.8, 4) is 0 Å². The summed E-state index contributed by atoms with van der Waals surface area (Å²) < 4.78 is 1.02. The number of fused-ring (bicyclic) bond motifs is 3. The van der Waals surface area contributed by atoms with Crippen LogP contribution in [0.5, 0.6) is 0 Å². The van der Waals surface area contributed by atoms with Crippen molar-refractivity contribution < 1.29 is 14.7 Å². The van der Waals surface area contributed by atoms with Crippen LogP contribution in [0.3, 0.4) is 0 Å². The lowest BCUT2D eigenvalue weighted by atomic mass is 10.0. The number of halogens is 1. The highest BCUT2D eigenvalue weighted by Crippen LogP contribution is 2.34. The van der Waals surface area contributed by atoms with Crippen LogP contribution in [0.2, 0.25) is 0 Å². The van der Waals surface area contributed by atoms with Crippen molar-refractivity contribution in [1.29, 1.82) is 0 Å². The zero-order valence-corrected chi connectivity index (χ0v) is 17.7. The second-order valence-electron chi connectivity index (χ2n) is 7.82. The van der Waals surface area contributed by atoms with E-state index in [2.05, 4.69) is 50.1 Å². The number of carbonyl (C=O) groups excluding carboxylic acids is 2. The summed E-state index contributed by atoms with van der Waals surface area (Å²) in [7, 11) is 1.73. The van der Waals surface area contributed by atoms with Crippen LogP contribution in [0.1, 0.15) is 13.3 Å². The van der Waals surface area contributed by atoms with Crippen molar-refractivity contribution in [2.75, 3.05) is 38.2 Å². The minimum Gasteiger partial charge on any atom is -0.396 e. The highest BCUT2D eigenvalue weighted by molar-refractivity contribution is 9.10. The van der Waals surface area contributed by atoms with E-state index < -0.39 is 6.04 Å². The smallest absolute Gasteiger partial charge is 0.327 e. The summed E-state index contributed by atoms with van der Waals surface area (Å²) >= 11 is 3.48. The predicted octanol–water partition coefficient (Wildman–Crippen LogP) is 1.07. The predicted molar refractivity (Wildman–Crippen MR) is 108 cm³/mol. The van der Waals surface area contributed by atoms with E-state index in [0.717, 1.165) is 23.2 Å². The van der Waals surface area contributed by atoms with Gasteiger partial charge in [-0.3, -0.25) is 19.9 Å². The topological polar surface area (TPSA) is 79.4 Å². The Bertz CT molecular complexity index is 760. The lowest BCUT2D eigenvalue weighted by Gasteiger charge is -2.46. The third-order valence-electron chi connectivity index (χ3n) is 5.78. The van der Waals surface area contributed by atoms with Gasteiger partial charge in [-0.2, -0.15) is 0 Å². The number of aliphatic hydroxyl groups excluding tert-OH is 1. The van der Waals surface area contributed by atoms with Gasteiger partial charge < -0.3 is 14.9 Å². The van der Waals surface area contributed by atoms with Crippen molar-refractivity contribution in [1.82, 2.24) is 20.0 Å². The average Bonchev–Trinajstić information content (AvgIpc) is 3.06. The van der Waals surface area contributed by atoms with Gasteiger partial charge in [-0.25, -0.2) is 4.79 Å². The maximum atomic E-state index is 13.2. The van der Waals surface area contributed by atoms with Crippen LogP contribution in [0.4, 0.5) is 10.5 Å². The Kier molecular flexibility index (Phi) is 5.34. The molecule has 2 N–H and O–H groups in total. The number of nitrogens with one attached hydrogen (secondary N) is 1. The number of benzene rings is 1. The van der Waals surface area contributed by atoms with Crippen LogP contribution in [-0.2, 0) is 4.79 Å². The van der Waals surface area contributed by atoms with Gasteiger partial charge in [0.05, 0.1) is 0 Å². The molecular formula is C19H26BrN5O3. The molecule has 28 heavy (non-hydrogen) atoms. The number of hydrogen-bond donors (Lipinski definition) is 2. The Morgan fingerprint density at radius 1 is 1.21 bits per heavy atom. The molecule has 4 atom stereocenters. The molecule has 3 saturated heterocycles. The number of urea groups is 1. The number of anilines is 1. The lowest BCUT2D eigenvalue weighted by Crippen LogP contribution is -2.66. The summed E-state index contributed by atoms with van der Waals surface area (Å²) in [5.41, 5.74) is 1.08. The molecular weight excluding hydrogens is 426 g/mol. The van der Waals surface area contributed by atoms with E-state index in [1.165, 1.54) is 4.90 Å². The number of aliphatic hydroxyl groups is 1. The number of nitrogens with zero attached hydrogens (tertiary/aromatic N) is 4. The summed E-state index contributed by atoms with van der Waals surface area (Å²) in [6.45, 7) is 4.03. The minimum atomic E-state index is -0.424. The van der Waals surface area contributed by atoms with Gasteiger partial charge >= 0.3 is 6.03 Å². The zero-order valence-electron chi connectivity index (χ0n) is 16.1. The number of amides is 3. The van der Waals surface area contributed by atoms with Crippen molar-refractivity contribution in [2.24, 2.45) is 5.92 Å². The molecule has 3 heterocycles. The Balaban J connectivity index is 1.65. The molecule has 0 spiro atoms. The van der Waals surface area contributed by atoms with E-state index in [4.69, 9.17) is 5.11 Å². The molecule has 3 amide bonds. The molecule has 0 aliphatic carbocycles. The van der Waals surface area contributed by atoms with Crippen LogP contribution < -0.4 is 10.2 Å². The van der Waals surface area contributed by atoms with E-state index in [1.807, 2.05) is 12.1 Å². The molecule has 0 aromatic heterocycles. The van der Waals surface area contributed by atoms with Crippen LogP contribution >= 0.6 is 15.9 Å². The summed E-state index contributed by atoms with van der Waals surface area (Å²) in [5.74, 6) is 0.198. The first-order valence-electron chi connectivity index (χ1n) is 9.65. The van der Waals surface area contributed by atoms with Gasteiger partial charge in [0, 0.05) is 43.4 Å². The number of imide groups is 1. The second-order valence-corrected chi connectivity index (χ2v) is 8.74. The average molecular weight is 452 g/mol. The third-order valence-corrected chi connectivity index (χ3v) is 6.31. The van der Waals surface area contributed by atoms with Crippen molar-refractivity contribution in [3.05, 3.63) is 28.7 Å². The largest absolute Gasteiger partial charge is 0.396 e. The molecule has 3 fully saturated rings. The molecule has 8 nitrogen and oxygen atoms in total. The first kappa shape index (κ1) is 19.6. The molecule has 1 aromatic rings. The normalized spacial score (nSPS) is 30.6. The number of rotatable bonds is 4. The fraction of sp³-hybridized carbons (Fsp3) is 0.579. The summed E-state index contributed by atoms with van der Waals surface area (Å²) in [4.78, 5) is 33.3. The van der Waals surface area contributed by atoms with Crippen molar-refractivity contribution in [3.63, 3.8) is 0 Å². The van der Waals surface area contributed by atoms with E-state index in [9.17, 15) is 9.59 Å². The molecule has 3 aliphatic heterocycles. The molecule has 1 aromatic carbocycles. The van der Waals surface area contributed by atoms with Crippen molar-refractivity contribution in [2.45, 2.75) is 31.8 Å². The summed E-state index contributed by atoms with van der Waals surface area (Å²) in [5, 5.41) is 12.6. The SMILES string of the molecule is CC1CN(c2ccc(Br)cc2)C2NC3C(C(=O)N(CCCO)C(=O)N3C)N2C1. The van der Waals surface area contributed by atoms with Gasteiger partial charge in [0.25, 0.3) is 5.91 Å². The van der Waals surface area contributed by atoms with Crippen LogP contribution in [-0.4, -0.2) is 83.5 Å². The van der Waals surface area contributed by atoms with E-state index in [1.54, 1.807) is 11.9 Å². The van der Waals surface area contributed by atoms with Crippen LogP contribution in [0.25, 0.3) is 0 Å². The van der Waals surface area contributed by atoms with Gasteiger partial charge in [-0.1, -0.05) is 22.9 Å². The van der Waals surface area contributed by atoms with Gasteiger partial charge in [-0.05, 0) is 36.6 Å². The Hall–Kier alpha value is -1.68. The number of likely N-dealkylation sites (N-methyl/N-ethyl adjacent to an activating group) is 1. The van der Waals surface area contributed by atoms with Gasteiger partial charge in [0.1, 0.15) is 18.5 Å². The quantitative estimate of drug-likeness (QED) is 0.712. The first-order chi connectivity index (χ1) is 13.4.